The van der Waals surface area contributed by atoms with Crippen LogP contribution in [0, 0.1) is 0 Å². The molecule has 0 aliphatic heterocycles. The summed E-state index contributed by atoms with van der Waals surface area (Å²) >= 11 is 0. The molecule has 2 rings (SSSR count). The van der Waals surface area contributed by atoms with Crippen LogP contribution < -0.4 is 17.6 Å². The average molecular weight is 411 g/mol. The molecule has 0 heterocycles. The van der Waals surface area contributed by atoms with Crippen LogP contribution in [0.1, 0.15) is 17.0 Å². The SMILES string of the molecule is CN(C)C(=O)C(c1ccccc1)c1ccccc1.CS(C)(=O)=O.N.NC(N)=O. The molecule has 2 aromatic carbocycles. The number of sulfone groups is 1. The first kappa shape index (κ1) is 27.3. The molecule has 3 amide bonds. The number of hydrogen-bond acceptors (Lipinski definition) is 5. The number of nitrogens with two attached hydrogens (primary N) is 2. The number of amides is 3. The number of urea groups is 1. The van der Waals surface area contributed by atoms with Crippen LogP contribution in [0.2, 0.25) is 0 Å². The zero-order valence-corrected chi connectivity index (χ0v) is 17.5. The van der Waals surface area contributed by atoms with E-state index in [1.807, 2.05) is 60.7 Å². The van der Waals surface area contributed by atoms with Gasteiger partial charge in [-0.1, -0.05) is 60.7 Å². The van der Waals surface area contributed by atoms with Crippen LogP contribution in [0.25, 0.3) is 0 Å². The van der Waals surface area contributed by atoms with Gasteiger partial charge in [0.15, 0.2) is 0 Å². The monoisotopic (exact) mass is 410 g/mol. The van der Waals surface area contributed by atoms with Crippen LogP contribution in [0.15, 0.2) is 60.7 Å². The zero-order valence-electron chi connectivity index (χ0n) is 16.7. The first-order chi connectivity index (χ1) is 12.4. The number of likely N-dealkylation sites (N-methyl/N-ethyl adjacent to an activating group) is 1. The van der Waals surface area contributed by atoms with Crippen LogP contribution in [-0.2, 0) is 14.6 Å². The van der Waals surface area contributed by atoms with Crippen molar-refractivity contribution < 1.29 is 18.0 Å². The van der Waals surface area contributed by atoms with Gasteiger partial charge in [-0.05, 0) is 11.1 Å². The van der Waals surface area contributed by atoms with Gasteiger partial charge in [-0.15, -0.1) is 0 Å². The lowest BCUT2D eigenvalue weighted by Gasteiger charge is -2.21. The molecule has 7 N–H and O–H groups in total. The van der Waals surface area contributed by atoms with Gasteiger partial charge in [0.2, 0.25) is 5.91 Å². The fourth-order valence-electron chi connectivity index (χ4n) is 2.03. The van der Waals surface area contributed by atoms with E-state index in [1.165, 1.54) is 0 Å². The molecule has 0 atom stereocenters. The number of benzene rings is 2. The Morgan fingerprint density at radius 3 is 1.29 bits per heavy atom. The number of primary amides is 2. The Bertz CT molecular complexity index is 759. The Morgan fingerprint density at radius 2 is 1.07 bits per heavy atom. The Morgan fingerprint density at radius 1 is 0.821 bits per heavy atom. The summed E-state index contributed by atoms with van der Waals surface area (Å²) in [5.41, 5.74) is 10.6. The van der Waals surface area contributed by atoms with Gasteiger partial charge >= 0.3 is 6.03 Å². The molecule has 0 spiro atoms. The van der Waals surface area contributed by atoms with Gasteiger partial charge in [0.1, 0.15) is 9.84 Å². The minimum absolute atomic E-state index is 0. The summed E-state index contributed by atoms with van der Waals surface area (Å²) in [7, 11) is 0.919. The molecule has 0 aliphatic rings. The summed E-state index contributed by atoms with van der Waals surface area (Å²) in [6, 6.07) is 19.0. The fraction of sp³-hybridized carbons (Fsp3) is 0.263. The number of carbonyl (C=O) groups is 2. The van der Waals surface area contributed by atoms with Crippen molar-refractivity contribution in [2.24, 2.45) is 11.5 Å². The smallest absolute Gasteiger partial charge is 0.309 e. The minimum atomic E-state index is -2.67. The van der Waals surface area contributed by atoms with Gasteiger partial charge in [0.25, 0.3) is 0 Å². The van der Waals surface area contributed by atoms with E-state index >= 15 is 0 Å². The second-order valence-corrected chi connectivity index (χ2v) is 8.32. The van der Waals surface area contributed by atoms with Crippen molar-refractivity contribution in [2.45, 2.75) is 5.92 Å². The molecule has 8 nitrogen and oxygen atoms in total. The first-order valence-electron chi connectivity index (χ1n) is 7.94. The normalized spacial score (nSPS) is 9.61. The summed E-state index contributed by atoms with van der Waals surface area (Å²) in [5, 5.41) is 0. The predicted molar refractivity (Wildman–Crippen MR) is 113 cm³/mol. The molecule has 2 aromatic rings. The lowest BCUT2D eigenvalue weighted by molar-refractivity contribution is -0.129. The zero-order chi connectivity index (χ0) is 21.0. The number of carbonyl (C=O) groups excluding carboxylic acids is 2. The first-order valence-corrected chi connectivity index (χ1v) is 10.2. The summed E-state index contributed by atoms with van der Waals surface area (Å²) in [6.07, 6.45) is 2.32. The van der Waals surface area contributed by atoms with Crippen LogP contribution >= 0.6 is 0 Å². The fourth-order valence-corrected chi connectivity index (χ4v) is 2.03. The van der Waals surface area contributed by atoms with E-state index in [0.717, 1.165) is 23.6 Å². The largest absolute Gasteiger partial charge is 0.352 e. The highest BCUT2D eigenvalue weighted by Gasteiger charge is 2.23. The van der Waals surface area contributed by atoms with E-state index in [0.29, 0.717) is 0 Å². The Hall–Kier alpha value is -2.91. The highest BCUT2D eigenvalue weighted by Crippen LogP contribution is 2.25. The Kier molecular flexibility index (Phi) is 13.0. The van der Waals surface area contributed by atoms with Crippen molar-refractivity contribution in [2.75, 3.05) is 26.6 Å². The molecule has 0 bridgehead atoms. The molecule has 0 fully saturated rings. The number of hydrogen-bond donors (Lipinski definition) is 3. The summed E-state index contributed by atoms with van der Waals surface area (Å²) in [4.78, 5) is 23.0. The van der Waals surface area contributed by atoms with Crippen molar-refractivity contribution in [3.8, 4) is 0 Å². The third kappa shape index (κ3) is 13.3. The maximum absolute atomic E-state index is 12.4. The highest BCUT2D eigenvalue weighted by atomic mass is 32.2. The van der Waals surface area contributed by atoms with Crippen molar-refractivity contribution in [1.29, 1.82) is 0 Å². The van der Waals surface area contributed by atoms with E-state index in [2.05, 4.69) is 11.5 Å². The average Bonchev–Trinajstić information content (AvgIpc) is 2.55. The molecule has 0 saturated heterocycles. The molecule has 156 valence electrons. The molecule has 0 unspecified atom stereocenters. The Labute approximate surface area is 167 Å². The molecular weight excluding hydrogens is 380 g/mol. The van der Waals surface area contributed by atoms with Crippen LogP contribution in [0.4, 0.5) is 4.79 Å². The van der Waals surface area contributed by atoms with Gasteiger partial charge in [-0.25, -0.2) is 13.2 Å². The topological polar surface area (TPSA) is 159 Å². The van der Waals surface area contributed by atoms with Crippen LogP contribution in [0.5, 0.6) is 0 Å². The van der Waals surface area contributed by atoms with Crippen molar-refractivity contribution in [3.63, 3.8) is 0 Å². The van der Waals surface area contributed by atoms with Crippen LogP contribution in [-0.4, -0.2) is 51.9 Å². The molecule has 9 heteroatoms. The molecule has 28 heavy (non-hydrogen) atoms. The van der Waals surface area contributed by atoms with Gasteiger partial charge in [-0.3, -0.25) is 4.79 Å². The number of rotatable bonds is 3. The van der Waals surface area contributed by atoms with E-state index in [-0.39, 0.29) is 18.0 Å². The molecule has 0 radical (unpaired) electrons. The standard InChI is InChI=1S/C16H17NO.C2H6O2S.CH4N2O.H3N/c1-17(2)16(18)15(13-9-5-3-6-10-13)14-11-7-4-8-12-14;1-5(2,3)4;2-1(3)4;/h3-12,15H,1-2H3;1-2H3;(H4,2,3,4);1H3. The van der Waals surface area contributed by atoms with Crippen molar-refractivity contribution in [3.05, 3.63) is 71.8 Å². The second kappa shape index (κ2) is 13.3. The third-order valence-electron chi connectivity index (χ3n) is 2.95. The highest BCUT2D eigenvalue weighted by molar-refractivity contribution is 7.89. The molecular formula is C19H30N4O4S. The lowest BCUT2D eigenvalue weighted by Crippen LogP contribution is -2.28. The maximum atomic E-state index is 12.4. The van der Waals surface area contributed by atoms with Gasteiger partial charge in [0, 0.05) is 26.6 Å². The summed E-state index contributed by atoms with van der Waals surface area (Å²) < 4.78 is 19.3. The van der Waals surface area contributed by atoms with Gasteiger partial charge in [0.05, 0.1) is 5.92 Å². The van der Waals surface area contributed by atoms with Gasteiger partial charge < -0.3 is 22.5 Å². The van der Waals surface area contributed by atoms with E-state index in [1.54, 1.807) is 19.0 Å². The summed E-state index contributed by atoms with van der Waals surface area (Å²) in [6.45, 7) is 0. The second-order valence-electron chi connectivity index (χ2n) is 6.03. The van der Waals surface area contributed by atoms with E-state index in [4.69, 9.17) is 4.79 Å². The minimum Gasteiger partial charge on any atom is -0.352 e. The van der Waals surface area contributed by atoms with Crippen LogP contribution in [0.3, 0.4) is 0 Å². The van der Waals surface area contributed by atoms with E-state index in [9.17, 15) is 13.2 Å². The van der Waals surface area contributed by atoms with Gasteiger partial charge in [-0.2, -0.15) is 0 Å². The predicted octanol–water partition coefficient (Wildman–Crippen LogP) is 1.75. The Balaban J connectivity index is 0. The summed E-state index contributed by atoms with van der Waals surface area (Å²) in [5.74, 6) is -0.116. The third-order valence-corrected chi connectivity index (χ3v) is 2.95. The quantitative estimate of drug-likeness (QED) is 0.702. The van der Waals surface area contributed by atoms with Crippen molar-refractivity contribution >= 4 is 21.8 Å². The molecule has 0 saturated carbocycles. The maximum Gasteiger partial charge on any atom is 0.309 e. The number of nitrogens with zero attached hydrogens (tertiary/aromatic N) is 1. The lowest BCUT2D eigenvalue weighted by atomic mass is 9.90. The molecule has 0 aromatic heterocycles. The molecule has 0 aliphatic carbocycles. The van der Waals surface area contributed by atoms with E-state index < -0.39 is 15.9 Å². The van der Waals surface area contributed by atoms with Crippen molar-refractivity contribution in [1.82, 2.24) is 11.1 Å².